The van der Waals surface area contributed by atoms with E-state index in [4.69, 9.17) is 20.8 Å². The number of nitrogens with zero attached hydrogens (tertiary/aromatic N) is 5. The van der Waals surface area contributed by atoms with Crippen molar-refractivity contribution in [3.63, 3.8) is 0 Å². The highest BCUT2D eigenvalue weighted by Gasteiger charge is 2.18. The summed E-state index contributed by atoms with van der Waals surface area (Å²) in [6.07, 6.45) is 3.23. The lowest BCUT2D eigenvalue weighted by Crippen LogP contribution is -2.24. The van der Waals surface area contributed by atoms with Gasteiger partial charge in [0.25, 0.3) is 5.56 Å². The lowest BCUT2D eigenvalue weighted by atomic mass is 10.1. The summed E-state index contributed by atoms with van der Waals surface area (Å²) in [5.74, 6) is 2.05. The number of ether oxygens (including phenoxy) is 1. The fourth-order valence-electron chi connectivity index (χ4n) is 3.23. The highest BCUT2D eigenvalue weighted by atomic mass is 79.9. The van der Waals surface area contributed by atoms with Crippen LogP contribution in [0, 0.1) is 13.8 Å². The van der Waals surface area contributed by atoms with Crippen LogP contribution in [0.2, 0.25) is 5.02 Å². The molecule has 4 rings (SSSR count). The number of oxazole rings is 1. The smallest absolute Gasteiger partial charge is 0.276 e. The van der Waals surface area contributed by atoms with Crippen molar-refractivity contribution in [3.05, 3.63) is 79.8 Å². The van der Waals surface area contributed by atoms with Gasteiger partial charge in [0, 0.05) is 24.6 Å². The summed E-state index contributed by atoms with van der Waals surface area (Å²) in [4.78, 5) is 30.9. The van der Waals surface area contributed by atoms with Crippen molar-refractivity contribution >= 4 is 27.5 Å². The van der Waals surface area contributed by atoms with Crippen LogP contribution in [0.3, 0.4) is 0 Å². The molecule has 0 saturated heterocycles. The second-order valence-corrected chi connectivity index (χ2v) is 8.89. The third-order valence-corrected chi connectivity index (χ3v) is 5.86. The third kappa shape index (κ3) is 4.84. The van der Waals surface area contributed by atoms with Crippen molar-refractivity contribution < 1.29 is 9.15 Å². The molecule has 0 amide bonds. The first-order valence-electron chi connectivity index (χ1n) is 10.2. The molecule has 0 atom stereocenters. The van der Waals surface area contributed by atoms with Crippen molar-refractivity contribution in [1.29, 1.82) is 0 Å². The quantitative estimate of drug-likeness (QED) is 0.329. The van der Waals surface area contributed by atoms with Crippen LogP contribution >= 0.6 is 27.5 Å². The topological polar surface area (TPSA) is 95.9 Å². The number of aromatic nitrogens is 5. The van der Waals surface area contributed by atoms with E-state index in [1.54, 1.807) is 26.1 Å². The summed E-state index contributed by atoms with van der Waals surface area (Å²) in [5, 5.41) is 0.405. The molecule has 3 heterocycles. The van der Waals surface area contributed by atoms with Gasteiger partial charge >= 0.3 is 0 Å². The zero-order valence-corrected chi connectivity index (χ0v) is 20.8. The van der Waals surface area contributed by atoms with Gasteiger partial charge in [-0.15, -0.1) is 0 Å². The average molecular weight is 531 g/mol. The summed E-state index contributed by atoms with van der Waals surface area (Å²) in [6, 6.07) is 7.24. The summed E-state index contributed by atoms with van der Waals surface area (Å²) >= 11 is 9.82. The van der Waals surface area contributed by atoms with Gasteiger partial charge in [-0.05, 0) is 41.1 Å². The summed E-state index contributed by atoms with van der Waals surface area (Å²) in [7, 11) is 0. The second-order valence-electron chi connectivity index (χ2n) is 7.69. The number of aryl methyl sites for hydroxylation is 2. The second kappa shape index (κ2) is 9.44. The minimum Gasteiger partial charge on any atom is -0.470 e. The molecule has 0 N–H and O–H groups in total. The number of halogens is 2. The number of rotatable bonds is 6. The Morgan fingerprint density at radius 3 is 2.67 bits per heavy atom. The van der Waals surface area contributed by atoms with E-state index in [1.165, 1.54) is 10.8 Å². The summed E-state index contributed by atoms with van der Waals surface area (Å²) in [6.45, 7) is 7.64. The first-order valence-corrected chi connectivity index (χ1v) is 11.4. The Labute approximate surface area is 203 Å². The van der Waals surface area contributed by atoms with E-state index in [0.29, 0.717) is 28.1 Å². The molecule has 3 aromatic heterocycles. The summed E-state index contributed by atoms with van der Waals surface area (Å²) < 4.78 is 12.5. The van der Waals surface area contributed by atoms with Crippen molar-refractivity contribution in [2.45, 2.75) is 40.2 Å². The van der Waals surface area contributed by atoms with E-state index in [1.807, 2.05) is 32.0 Å². The number of benzene rings is 1. The summed E-state index contributed by atoms with van der Waals surface area (Å²) in [5.41, 5.74) is 2.30. The molecule has 0 radical (unpaired) electrons. The molecule has 0 spiro atoms. The van der Waals surface area contributed by atoms with E-state index in [9.17, 15) is 4.79 Å². The standard InChI is InChI=1S/C23H21BrClN5O3/c1-12(2)21-26-8-7-18(29-21)15-5-6-17(25)19(9-15)30-13(3)27-22(20(24)23(30)31)33-11-16-10-32-14(4)28-16/h5-10,12H,11H2,1-4H3. The Bertz CT molecular complexity index is 1380. The van der Waals surface area contributed by atoms with Crippen LogP contribution in [0.4, 0.5) is 0 Å². The Kier molecular flexibility index (Phi) is 6.62. The van der Waals surface area contributed by atoms with Gasteiger partial charge in [-0.1, -0.05) is 31.5 Å². The van der Waals surface area contributed by atoms with E-state index in [-0.39, 0.29) is 28.4 Å². The van der Waals surface area contributed by atoms with Crippen LogP contribution in [0.15, 0.2) is 50.4 Å². The van der Waals surface area contributed by atoms with Crippen LogP contribution in [0.25, 0.3) is 16.9 Å². The molecule has 170 valence electrons. The zero-order valence-electron chi connectivity index (χ0n) is 18.5. The van der Waals surface area contributed by atoms with E-state index in [2.05, 4.69) is 35.9 Å². The van der Waals surface area contributed by atoms with Crippen LogP contribution in [-0.2, 0) is 6.61 Å². The van der Waals surface area contributed by atoms with Gasteiger partial charge < -0.3 is 9.15 Å². The first kappa shape index (κ1) is 23.1. The predicted molar refractivity (Wildman–Crippen MR) is 128 cm³/mol. The fraction of sp³-hybridized carbons (Fsp3) is 0.261. The molecule has 0 unspecified atom stereocenters. The van der Waals surface area contributed by atoms with Gasteiger partial charge in [0.1, 0.15) is 34.7 Å². The van der Waals surface area contributed by atoms with Crippen LogP contribution < -0.4 is 10.3 Å². The maximum atomic E-state index is 13.2. The molecule has 0 aliphatic carbocycles. The molecule has 0 saturated carbocycles. The molecule has 10 heteroatoms. The van der Waals surface area contributed by atoms with Crippen molar-refractivity contribution in [2.24, 2.45) is 0 Å². The third-order valence-electron chi connectivity index (χ3n) is 4.86. The maximum Gasteiger partial charge on any atom is 0.276 e. The average Bonchev–Trinajstić information content (AvgIpc) is 3.21. The Hall–Kier alpha value is -3.04. The van der Waals surface area contributed by atoms with Gasteiger partial charge in [0.2, 0.25) is 5.88 Å². The minimum absolute atomic E-state index is 0.119. The molecule has 8 nitrogen and oxygen atoms in total. The van der Waals surface area contributed by atoms with Crippen molar-refractivity contribution in [1.82, 2.24) is 24.5 Å². The monoisotopic (exact) mass is 529 g/mol. The van der Waals surface area contributed by atoms with Gasteiger partial charge in [0.15, 0.2) is 5.89 Å². The largest absolute Gasteiger partial charge is 0.470 e. The van der Waals surface area contributed by atoms with Gasteiger partial charge in [0.05, 0.1) is 16.4 Å². The van der Waals surface area contributed by atoms with Gasteiger partial charge in [-0.3, -0.25) is 9.36 Å². The van der Waals surface area contributed by atoms with Gasteiger partial charge in [-0.25, -0.2) is 15.0 Å². The highest BCUT2D eigenvalue weighted by molar-refractivity contribution is 9.10. The van der Waals surface area contributed by atoms with E-state index < -0.39 is 0 Å². The molecule has 0 aliphatic rings. The number of hydrogen-bond donors (Lipinski definition) is 0. The lowest BCUT2D eigenvalue weighted by Gasteiger charge is -2.15. The fourth-order valence-corrected chi connectivity index (χ4v) is 3.82. The molecular weight excluding hydrogens is 510 g/mol. The Balaban J connectivity index is 1.73. The number of hydrogen-bond acceptors (Lipinski definition) is 7. The SMILES string of the molecule is Cc1nc(COc2nc(C)n(-c3cc(-c4ccnc(C(C)C)n4)ccc3Cl)c(=O)c2Br)co1. The maximum absolute atomic E-state index is 13.2. The normalized spacial score (nSPS) is 11.2. The van der Waals surface area contributed by atoms with Crippen LogP contribution in [-0.4, -0.2) is 24.5 Å². The molecular formula is C23H21BrClN5O3. The molecule has 0 bridgehead atoms. The molecule has 0 fully saturated rings. The Morgan fingerprint density at radius 2 is 1.97 bits per heavy atom. The first-order chi connectivity index (χ1) is 15.7. The Morgan fingerprint density at radius 1 is 1.18 bits per heavy atom. The highest BCUT2D eigenvalue weighted by Crippen LogP contribution is 2.29. The zero-order chi connectivity index (χ0) is 23.7. The van der Waals surface area contributed by atoms with E-state index >= 15 is 0 Å². The van der Waals surface area contributed by atoms with Crippen molar-refractivity contribution in [2.75, 3.05) is 0 Å². The molecule has 1 aromatic carbocycles. The lowest BCUT2D eigenvalue weighted by molar-refractivity contribution is 0.284. The van der Waals surface area contributed by atoms with Crippen LogP contribution in [0.5, 0.6) is 5.88 Å². The molecule has 0 aliphatic heterocycles. The molecule has 33 heavy (non-hydrogen) atoms. The van der Waals surface area contributed by atoms with Gasteiger partial charge in [-0.2, -0.15) is 4.98 Å². The minimum atomic E-state index is -0.349. The molecule has 4 aromatic rings. The van der Waals surface area contributed by atoms with Crippen LogP contribution in [0.1, 0.15) is 43.0 Å². The predicted octanol–water partition coefficient (Wildman–Crippen LogP) is 5.41. The van der Waals surface area contributed by atoms with Crippen molar-refractivity contribution in [3.8, 4) is 22.8 Å². The van der Waals surface area contributed by atoms with E-state index in [0.717, 1.165) is 17.1 Å².